The van der Waals surface area contributed by atoms with Crippen molar-refractivity contribution in [1.82, 2.24) is 5.32 Å². The summed E-state index contributed by atoms with van der Waals surface area (Å²) in [6.45, 7) is 12.1. The minimum absolute atomic E-state index is 0.202. The molecule has 0 heterocycles. The molecule has 0 aromatic carbocycles. The molecule has 0 radical (unpaired) electrons. The van der Waals surface area contributed by atoms with Gasteiger partial charge in [0.25, 0.3) is 0 Å². The van der Waals surface area contributed by atoms with E-state index in [1.54, 1.807) is 0 Å². The summed E-state index contributed by atoms with van der Waals surface area (Å²) in [6, 6.07) is 0. The van der Waals surface area contributed by atoms with E-state index in [0.29, 0.717) is 6.10 Å². The highest BCUT2D eigenvalue weighted by molar-refractivity contribution is 4.91. The van der Waals surface area contributed by atoms with E-state index in [4.69, 9.17) is 4.74 Å². The van der Waals surface area contributed by atoms with Gasteiger partial charge in [-0.25, -0.2) is 0 Å². The van der Waals surface area contributed by atoms with Gasteiger partial charge in [0.15, 0.2) is 0 Å². The molecular formula is C14H29NO. The molecule has 1 fully saturated rings. The van der Waals surface area contributed by atoms with Crippen LogP contribution >= 0.6 is 0 Å². The zero-order valence-corrected chi connectivity index (χ0v) is 11.7. The number of rotatable bonds is 6. The molecular weight excluding hydrogens is 198 g/mol. The van der Waals surface area contributed by atoms with Crippen molar-refractivity contribution in [3.63, 3.8) is 0 Å². The van der Waals surface area contributed by atoms with E-state index in [2.05, 4.69) is 39.9 Å². The van der Waals surface area contributed by atoms with Gasteiger partial charge in [0.2, 0.25) is 0 Å². The molecule has 1 saturated carbocycles. The lowest BCUT2D eigenvalue weighted by molar-refractivity contribution is -0.138. The Bertz CT molecular complexity index is 203. The van der Waals surface area contributed by atoms with Gasteiger partial charge in [-0.15, -0.1) is 0 Å². The standard InChI is InChI=1S/C14H29NO/c1-6-12(2)16-14(8-7-9-14)10-11-15-13(3,4)5/h12,15H,6-11H2,1-5H3. The predicted molar refractivity (Wildman–Crippen MR) is 69.8 cm³/mol. The monoisotopic (exact) mass is 227 g/mol. The summed E-state index contributed by atoms with van der Waals surface area (Å²) in [5, 5.41) is 3.56. The third-order valence-corrected chi connectivity index (χ3v) is 3.53. The molecule has 0 saturated heterocycles. The van der Waals surface area contributed by atoms with Gasteiger partial charge >= 0.3 is 0 Å². The Hall–Kier alpha value is -0.0800. The van der Waals surface area contributed by atoms with Crippen LogP contribution in [0.4, 0.5) is 0 Å². The molecule has 1 N–H and O–H groups in total. The molecule has 1 atom stereocenters. The smallest absolute Gasteiger partial charge is 0.0698 e. The molecule has 1 aliphatic rings. The number of hydrogen-bond acceptors (Lipinski definition) is 2. The summed E-state index contributed by atoms with van der Waals surface area (Å²) in [6.07, 6.45) is 6.54. The Morgan fingerprint density at radius 2 is 1.94 bits per heavy atom. The molecule has 2 heteroatoms. The van der Waals surface area contributed by atoms with Crippen LogP contribution in [0.5, 0.6) is 0 Å². The number of hydrogen-bond donors (Lipinski definition) is 1. The summed E-state index contributed by atoms with van der Waals surface area (Å²) in [7, 11) is 0. The van der Waals surface area contributed by atoms with Crippen molar-refractivity contribution in [2.24, 2.45) is 0 Å². The van der Waals surface area contributed by atoms with Crippen LogP contribution in [0.25, 0.3) is 0 Å². The van der Waals surface area contributed by atoms with Crippen molar-refractivity contribution in [3.8, 4) is 0 Å². The van der Waals surface area contributed by atoms with Gasteiger partial charge in [-0.3, -0.25) is 0 Å². The third kappa shape index (κ3) is 4.42. The zero-order chi connectivity index (χ0) is 12.2. The van der Waals surface area contributed by atoms with E-state index in [1.165, 1.54) is 19.3 Å². The van der Waals surface area contributed by atoms with Crippen LogP contribution in [0.1, 0.15) is 66.7 Å². The van der Waals surface area contributed by atoms with Gasteiger partial charge in [0.05, 0.1) is 11.7 Å². The quantitative estimate of drug-likeness (QED) is 0.750. The normalized spacial score (nSPS) is 21.6. The Morgan fingerprint density at radius 1 is 1.31 bits per heavy atom. The van der Waals surface area contributed by atoms with Crippen molar-refractivity contribution in [1.29, 1.82) is 0 Å². The topological polar surface area (TPSA) is 21.3 Å². The molecule has 1 unspecified atom stereocenters. The van der Waals surface area contributed by atoms with Gasteiger partial charge in [-0.1, -0.05) is 6.92 Å². The second kappa shape index (κ2) is 5.50. The van der Waals surface area contributed by atoms with Crippen LogP contribution in [0.3, 0.4) is 0 Å². The van der Waals surface area contributed by atoms with Crippen LogP contribution in [-0.4, -0.2) is 23.8 Å². The van der Waals surface area contributed by atoms with Crippen LogP contribution in [0.15, 0.2) is 0 Å². The van der Waals surface area contributed by atoms with E-state index in [-0.39, 0.29) is 11.1 Å². The predicted octanol–water partition coefficient (Wildman–Crippen LogP) is 3.50. The van der Waals surface area contributed by atoms with E-state index in [1.807, 2.05) is 0 Å². The lowest BCUT2D eigenvalue weighted by Crippen LogP contribution is -2.46. The molecule has 16 heavy (non-hydrogen) atoms. The van der Waals surface area contributed by atoms with Crippen molar-refractivity contribution in [2.75, 3.05) is 6.54 Å². The SMILES string of the molecule is CCC(C)OC1(CCNC(C)(C)C)CCC1. The summed E-state index contributed by atoms with van der Waals surface area (Å²) < 4.78 is 6.20. The Kier molecular flexibility index (Phi) is 4.81. The van der Waals surface area contributed by atoms with Crippen molar-refractivity contribution >= 4 is 0 Å². The highest BCUT2D eigenvalue weighted by atomic mass is 16.5. The van der Waals surface area contributed by atoms with E-state index in [9.17, 15) is 0 Å². The molecule has 1 aliphatic carbocycles. The lowest BCUT2D eigenvalue weighted by Gasteiger charge is -2.44. The number of nitrogens with one attached hydrogen (secondary N) is 1. The molecule has 0 aromatic rings. The average Bonchev–Trinajstić information content (AvgIpc) is 2.11. The molecule has 0 spiro atoms. The van der Waals surface area contributed by atoms with Crippen LogP contribution in [-0.2, 0) is 4.74 Å². The van der Waals surface area contributed by atoms with E-state index in [0.717, 1.165) is 19.4 Å². The molecule has 0 bridgehead atoms. The molecule has 1 rings (SSSR count). The first kappa shape index (κ1) is 14.0. The first-order valence-electron chi connectivity index (χ1n) is 6.80. The fourth-order valence-corrected chi connectivity index (χ4v) is 2.17. The largest absolute Gasteiger partial charge is 0.372 e. The summed E-state index contributed by atoms with van der Waals surface area (Å²) in [4.78, 5) is 0. The molecule has 0 amide bonds. The fourth-order valence-electron chi connectivity index (χ4n) is 2.17. The highest BCUT2D eigenvalue weighted by Gasteiger charge is 2.38. The Labute approximate surface area is 101 Å². The van der Waals surface area contributed by atoms with Crippen molar-refractivity contribution < 1.29 is 4.74 Å². The minimum atomic E-state index is 0.202. The first-order valence-corrected chi connectivity index (χ1v) is 6.80. The second-order valence-corrected chi connectivity index (χ2v) is 6.30. The first-order chi connectivity index (χ1) is 7.37. The maximum absolute atomic E-state index is 6.20. The maximum Gasteiger partial charge on any atom is 0.0698 e. The lowest BCUT2D eigenvalue weighted by atomic mass is 9.77. The van der Waals surface area contributed by atoms with Crippen LogP contribution < -0.4 is 5.32 Å². The average molecular weight is 227 g/mol. The zero-order valence-electron chi connectivity index (χ0n) is 11.7. The van der Waals surface area contributed by atoms with Gasteiger partial charge in [0.1, 0.15) is 0 Å². The number of ether oxygens (including phenoxy) is 1. The molecule has 96 valence electrons. The Morgan fingerprint density at radius 3 is 2.31 bits per heavy atom. The second-order valence-electron chi connectivity index (χ2n) is 6.30. The van der Waals surface area contributed by atoms with Gasteiger partial charge < -0.3 is 10.1 Å². The molecule has 0 aliphatic heterocycles. The van der Waals surface area contributed by atoms with Gasteiger partial charge in [0, 0.05) is 5.54 Å². The fraction of sp³-hybridized carbons (Fsp3) is 1.00. The minimum Gasteiger partial charge on any atom is -0.372 e. The summed E-state index contributed by atoms with van der Waals surface area (Å²) in [5.41, 5.74) is 0.426. The molecule has 0 aromatic heterocycles. The summed E-state index contributed by atoms with van der Waals surface area (Å²) in [5.74, 6) is 0. The summed E-state index contributed by atoms with van der Waals surface area (Å²) >= 11 is 0. The van der Waals surface area contributed by atoms with Crippen LogP contribution in [0.2, 0.25) is 0 Å². The van der Waals surface area contributed by atoms with Gasteiger partial charge in [-0.05, 0) is 66.3 Å². The molecule has 2 nitrogen and oxygen atoms in total. The van der Waals surface area contributed by atoms with Gasteiger partial charge in [-0.2, -0.15) is 0 Å². The van der Waals surface area contributed by atoms with Crippen LogP contribution in [0, 0.1) is 0 Å². The van der Waals surface area contributed by atoms with E-state index < -0.39 is 0 Å². The van der Waals surface area contributed by atoms with Crippen molar-refractivity contribution in [2.45, 2.75) is 84.0 Å². The Balaban J connectivity index is 2.31. The highest BCUT2D eigenvalue weighted by Crippen LogP contribution is 2.39. The van der Waals surface area contributed by atoms with Crippen molar-refractivity contribution in [3.05, 3.63) is 0 Å². The van der Waals surface area contributed by atoms with E-state index >= 15 is 0 Å². The third-order valence-electron chi connectivity index (χ3n) is 3.53. The maximum atomic E-state index is 6.20.